The van der Waals surface area contributed by atoms with Crippen LogP contribution >= 0.6 is 24.0 Å². The zero-order valence-corrected chi connectivity index (χ0v) is 41.9. The Morgan fingerprint density at radius 2 is 0.867 bits per heavy atom. The molecule has 3 aromatic heterocycles. The van der Waals surface area contributed by atoms with Crippen molar-refractivity contribution >= 4 is 105 Å². The molecule has 0 spiro atoms. The van der Waals surface area contributed by atoms with Gasteiger partial charge in [-0.05, 0) is 130 Å². The van der Waals surface area contributed by atoms with Gasteiger partial charge in [0.2, 0.25) is 0 Å². The van der Waals surface area contributed by atoms with Gasteiger partial charge in [-0.2, -0.15) is 10.5 Å². The summed E-state index contributed by atoms with van der Waals surface area (Å²) in [6.45, 7) is 0. The fourth-order valence-electron chi connectivity index (χ4n) is 11.3. The number of benzene rings is 11. The van der Waals surface area contributed by atoms with E-state index in [-0.39, 0.29) is 0 Å². The summed E-state index contributed by atoms with van der Waals surface area (Å²) in [6.07, 6.45) is 0. The highest BCUT2D eigenvalue weighted by Crippen LogP contribution is 2.47. The lowest BCUT2D eigenvalue weighted by molar-refractivity contribution is 1.10. The molecule has 0 fully saturated rings. The van der Waals surface area contributed by atoms with Crippen LogP contribution in [0.3, 0.4) is 0 Å². The molecule has 7 heteroatoms. The molecule has 3 heterocycles. The lowest BCUT2D eigenvalue weighted by atomic mass is 9.97. The van der Waals surface area contributed by atoms with Gasteiger partial charge in [-0.25, -0.2) is 0 Å². The molecule has 14 aromatic rings. The Kier molecular flexibility index (Phi) is 10.5. The smallest absolute Gasteiger partial charge is 0.104 e. The third-order valence-electron chi connectivity index (χ3n) is 14.7. The first-order valence-electron chi connectivity index (χ1n) is 24.8. The molecule has 0 atom stereocenters. The molecule has 75 heavy (non-hydrogen) atoms. The molecule has 5 nitrogen and oxygen atoms in total. The third kappa shape index (κ3) is 7.13. The first kappa shape index (κ1) is 44.1. The van der Waals surface area contributed by atoms with Gasteiger partial charge in [0.15, 0.2) is 0 Å². The third-order valence-corrected chi connectivity index (χ3v) is 16.2. The van der Waals surface area contributed by atoms with E-state index in [2.05, 4.69) is 196 Å². The van der Waals surface area contributed by atoms with Crippen LogP contribution in [0.25, 0.3) is 109 Å². The monoisotopic (exact) mass is 991 g/mol. The Bertz CT molecular complexity index is 4610. The van der Waals surface area contributed by atoms with E-state index in [4.69, 9.17) is 12.6 Å². The van der Waals surface area contributed by atoms with Crippen LogP contribution in [0, 0.1) is 22.7 Å². The van der Waals surface area contributed by atoms with E-state index >= 15 is 0 Å². The van der Waals surface area contributed by atoms with Crippen LogP contribution in [-0.4, -0.2) is 9.13 Å². The van der Waals surface area contributed by atoms with Crippen molar-refractivity contribution < 1.29 is 0 Å². The number of hydrogen-bond acceptors (Lipinski definition) is 5. The molecular weight excluding hydrogens is 951 g/mol. The van der Waals surface area contributed by atoms with Gasteiger partial charge in [0.25, 0.3) is 0 Å². The molecule has 350 valence electrons. The molecule has 0 unspecified atom stereocenters. The molecule has 0 radical (unpaired) electrons. The quantitative estimate of drug-likeness (QED) is 0.154. The predicted octanol–water partition coefficient (Wildman–Crippen LogP) is 18.8. The van der Waals surface area contributed by atoms with Gasteiger partial charge in [0, 0.05) is 58.0 Å². The van der Waals surface area contributed by atoms with E-state index in [1.54, 1.807) is 0 Å². The summed E-state index contributed by atoms with van der Waals surface area (Å²) in [5.41, 5.74) is 14.4. The maximum atomic E-state index is 11.9. The summed E-state index contributed by atoms with van der Waals surface area (Å²) in [5, 5.41) is 30.5. The van der Waals surface area contributed by atoms with Gasteiger partial charge < -0.3 is 14.0 Å². The number of anilines is 3. The number of aromatic nitrogens is 2. The fourth-order valence-corrected chi connectivity index (χ4v) is 12.7. The maximum absolute atomic E-state index is 11.9. The Hall–Kier alpha value is -9.63. The van der Waals surface area contributed by atoms with Gasteiger partial charge in [0.05, 0.1) is 39.1 Å². The lowest BCUT2D eigenvalue weighted by Crippen LogP contribution is -2.16. The van der Waals surface area contributed by atoms with Crippen LogP contribution in [-0.2, 0) is 0 Å². The average molecular weight is 992 g/mol. The van der Waals surface area contributed by atoms with Crippen molar-refractivity contribution in [1.82, 2.24) is 9.13 Å². The van der Waals surface area contributed by atoms with Gasteiger partial charge in [0.1, 0.15) is 23.3 Å². The van der Waals surface area contributed by atoms with Crippen molar-refractivity contribution in [2.45, 2.75) is 4.90 Å². The highest BCUT2D eigenvalue weighted by Gasteiger charge is 2.29. The summed E-state index contributed by atoms with van der Waals surface area (Å²) in [4.78, 5) is 3.06. The molecular formula is C68H41N5S2. The standard InChI is InChI=1S/C68H41N5S2/c69-41-57-63(71(48-18-3-1-4-19-48)49-20-5-2-6-21-49)40-64(72-59-26-11-7-23-51(59)52-24-8-12-27-60(52)72)58(42-70)68(57)73-61-33-30-44(43-16-15-17-47(36-43)50-22-9-13-28-65(50)74)37-54(61)55-38-45(31-34-62(55)73)46-32-35-67-56(39-46)53-25-10-14-29-66(53)75-67/h1-40,74H. The van der Waals surface area contributed by atoms with E-state index in [0.717, 1.165) is 93.3 Å². The van der Waals surface area contributed by atoms with E-state index in [9.17, 15) is 10.5 Å². The van der Waals surface area contributed by atoms with Crippen LogP contribution in [0.4, 0.5) is 17.1 Å². The molecule has 11 aromatic carbocycles. The summed E-state index contributed by atoms with van der Waals surface area (Å²) >= 11 is 6.65. The van der Waals surface area contributed by atoms with Gasteiger partial charge in [-0.15, -0.1) is 24.0 Å². The Labute approximate surface area is 442 Å². The minimum absolute atomic E-state index is 0.364. The van der Waals surface area contributed by atoms with E-state index in [1.165, 1.54) is 20.2 Å². The molecule has 0 aliphatic heterocycles. The largest absolute Gasteiger partial charge is 0.309 e. The van der Waals surface area contributed by atoms with Crippen LogP contribution in [0.5, 0.6) is 0 Å². The van der Waals surface area contributed by atoms with Crippen LogP contribution in [0.2, 0.25) is 0 Å². The number of para-hydroxylation sites is 4. The topological polar surface area (TPSA) is 60.7 Å². The second-order valence-corrected chi connectivity index (χ2v) is 20.4. The SMILES string of the molecule is N#Cc1c(N(c2ccccc2)c2ccccc2)cc(-n2c3ccccc3c3ccccc32)c(C#N)c1-n1c2ccc(-c3cccc(-c4ccccc4S)c3)cc2c2cc(-c3ccc4sc5ccccc5c4c3)ccc21. The maximum Gasteiger partial charge on any atom is 0.104 e. The molecule has 0 saturated carbocycles. The zero-order chi connectivity index (χ0) is 50.1. The molecule has 0 saturated heterocycles. The van der Waals surface area contributed by atoms with E-state index < -0.39 is 0 Å². The van der Waals surface area contributed by atoms with Crippen molar-refractivity contribution in [2.24, 2.45) is 0 Å². The van der Waals surface area contributed by atoms with Crippen LogP contribution < -0.4 is 4.90 Å². The summed E-state index contributed by atoms with van der Waals surface area (Å²) in [5.74, 6) is 0. The minimum Gasteiger partial charge on any atom is -0.309 e. The molecule has 0 bridgehead atoms. The van der Waals surface area contributed by atoms with Crippen LogP contribution in [0.1, 0.15) is 11.1 Å². The lowest BCUT2D eigenvalue weighted by Gasteiger charge is -2.29. The first-order valence-corrected chi connectivity index (χ1v) is 26.1. The molecule has 0 aliphatic carbocycles. The highest BCUT2D eigenvalue weighted by molar-refractivity contribution is 7.80. The van der Waals surface area contributed by atoms with Crippen molar-refractivity contribution in [3.05, 3.63) is 254 Å². The van der Waals surface area contributed by atoms with Crippen molar-refractivity contribution in [3.63, 3.8) is 0 Å². The van der Waals surface area contributed by atoms with Crippen LogP contribution in [0.15, 0.2) is 248 Å². The molecule has 0 N–H and O–H groups in total. The Balaban J connectivity index is 1.10. The van der Waals surface area contributed by atoms with Crippen molar-refractivity contribution in [2.75, 3.05) is 4.90 Å². The van der Waals surface area contributed by atoms with E-state index in [1.807, 2.05) is 84.1 Å². The van der Waals surface area contributed by atoms with E-state index in [0.29, 0.717) is 28.2 Å². The molecule has 0 amide bonds. The van der Waals surface area contributed by atoms with Gasteiger partial charge in [-0.1, -0.05) is 146 Å². The Morgan fingerprint density at radius 1 is 0.373 bits per heavy atom. The first-order chi connectivity index (χ1) is 37.0. The van der Waals surface area contributed by atoms with Gasteiger partial charge >= 0.3 is 0 Å². The Morgan fingerprint density at radius 3 is 1.49 bits per heavy atom. The zero-order valence-electron chi connectivity index (χ0n) is 40.2. The number of fused-ring (bicyclic) bond motifs is 9. The number of thiol groups is 1. The number of nitrogens with zero attached hydrogens (tertiary/aromatic N) is 5. The van der Waals surface area contributed by atoms with Crippen molar-refractivity contribution in [3.8, 4) is 56.9 Å². The summed E-state index contributed by atoms with van der Waals surface area (Å²) in [6, 6.07) is 90.0. The normalized spacial score (nSPS) is 11.5. The number of thiophene rings is 1. The summed E-state index contributed by atoms with van der Waals surface area (Å²) in [7, 11) is 0. The second-order valence-electron chi connectivity index (χ2n) is 18.8. The predicted molar refractivity (Wildman–Crippen MR) is 316 cm³/mol. The number of rotatable bonds is 8. The highest BCUT2D eigenvalue weighted by atomic mass is 32.1. The summed E-state index contributed by atoms with van der Waals surface area (Å²) < 4.78 is 6.89. The fraction of sp³-hybridized carbons (Fsp3) is 0. The molecule has 0 aliphatic rings. The average Bonchev–Trinajstić information content (AvgIpc) is 4.14. The second kappa shape index (κ2) is 17.8. The minimum atomic E-state index is 0.364. The number of nitriles is 2. The number of hydrogen-bond donors (Lipinski definition) is 1. The molecule has 14 rings (SSSR count). The van der Waals surface area contributed by atoms with Gasteiger partial charge in [-0.3, -0.25) is 0 Å². The van der Waals surface area contributed by atoms with Crippen molar-refractivity contribution in [1.29, 1.82) is 10.5 Å².